The number of nitroso groups, excluding NO2 is 1. The van der Waals surface area contributed by atoms with E-state index < -0.39 is 18.0 Å². The van der Waals surface area contributed by atoms with Crippen LogP contribution in [-0.4, -0.2) is 54.3 Å². The molecule has 0 bridgehead atoms. The number of imide groups is 1. The Kier molecular flexibility index (Phi) is 4.94. The first-order valence-corrected chi connectivity index (χ1v) is 5.96. The number of aliphatic imine (C=N–C) groups is 1. The summed E-state index contributed by atoms with van der Waals surface area (Å²) in [6.45, 7) is 2.56. The van der Waals surface area contributed by atoms with Crippen molar-refractivity contribution in [3.05, 3.63) is 4.91 Å². The lowest BCUT2D eigenvalue weighted by Crippen LogP contribution is -2.59. The molecule has 100 valence electrons. The highest BCUT2D eigenvalue weighted by Crippen LogP contribution is 2.13. The van der Waals surface area contributed by atoms with Crippen molar-refractivity contribution < 1.29 is 9.59 Å². The summed E-state index contributed by atoms with van der Waals surface area (Å²) in [6, 6.07) is -1.70. The van der Waals surface area contributed by atoms with Crippen molar-refractivity contribution in [2.24, 2.45) is 10.2 Å². The molecule has 0 radical (unpaired) electrons. The van der Waals surface area contributed by atoms with Crippen molar-refractivity contribution in [1.82, 2.24) is 9.80 Å². The van der Waals surface area contributed by atoms with Gasteiger partial charge in [-0.05, 0) is 11.6 Å². The molecule has 0 saturated carbocycles. The zero-order valence-electron chi connectivity index (χ0n) is 10.9. The second kappa shape index (κ2) is 6.23. The average molecular weight is 254 g/mol. The van der Waals surface area contributed by atoms with Gasteiger partial charge in [0.15, 0.2) is 0 Å². The number of nitrogens with zero attached hydrogens (tertiary/aromatic N) is 4. The van der Waals surface area contributed by atoms with Gasteiger partial charge in [-0.2, -0.15) is 0 Å². The Labute approximate surface area is 106 Å². The zero-order valence-corrected chi connectivity index (χ0v) is 10.9. The maximum atomic E-state index is 11.7. The Morgan fingerprint density at radius 2 is 1.83 bits per heavy atom. The van der Waals surface area contributed by atoms with E-state index in [0.29, 0.717) is 6.54 Å². The third kappa shape index (κ3) is 2.72. The summed E-state index contributed by atoms with van der Waals surface area (Å²) in [6.07, 6.45) is 2.93. The largest absolute Gasteiger partial charge is 0.331 e. The SMILES string of the molecule is CCCCCN=C1C(N=O)C(=O)N(C)C(=O)N1C. The third-order valence-corrected chi connectivity index (χ3v) is 2.87. The number of hydrogen-bond acceptors (Lipinski definition) is 5. The smallest absolute Gasteiger partial charge is 0.283 e. The minimum absolute atomic E-state index is 0.147. The number of hydrogen-bond donors (Lipinski definition) is 0. The van der Waals surface area contributed by atoms with Gasteiger partial charge in [0.25, 0.3) is 5.91 Å². The molecule has 0 spiro atoms. The number of amidine groups is 1. The molecule has 3 amide bonds. The van der Waals surface area contributed by atoms with E-state index in [4.69, 9.17) is 0 Å². The monoisotopic (exact) mass is 254 g/mol. The standard InChI is InChI=1S/C11H18N4O3/c1-4-5-6-7-12-9-8(13-18)10(16)15(3)11(17)14(9)2/h8H,4-7H2,1-3H3. The Balaban J connectivity index is 2.87. The van der Waals surface area contributed by atoms with Crippen molar-refractivity contribution in [3.8, 4) is 0 Å². The summed E-state index contributed by atoms with van der Waals surface area (Å²) >= 11 is 0. The van der Waals surface area contributed by atoms with E-state index in [-0.39, 0.29) is 5.84 Å². The minimum Gasteiger partial charge on any atom is -0.283 e. The predicted octanol–water partition coefficient (Wildman–Crippen LogP) is 1.23. The molecule has 1 unspecified atom stereocenters. The fourth-order valence-electron chi connectivity index (χ4n) is 1.73. The number of likely N-dealkylation sites (N-methyl/N-ethyl adjacent to an activating group) is 2. The van der Waals surface area contributed by atoms with Gasteiger partial charge >= 0.3 is 6.03 Å². The number of rotatable bonds is 5. The van der Waals surface area contributed by atoms with Gasteiger partial charge in [-0.15, -0.1) is 4.91 Å². The first kappa shape index (κ1) is 14.3. The molecule has 0 aromatic carbocycles. The van der Waals surface area contributed by atoms with Crippen LogP contribution in [0.25, 0.3) is 0 Å². The van der Waals surface area contributed by atoms with Crippen molar-refractivity contribution in [1.29, 1.82) is 0 Å². The van der Waals surface area contributed by atoms with Gasteiger partial charge in [0, 0.05) is 20.6 Å². The van der Waals surface area contributed by atoms with E-state index in [1.165, 1.54) is 19.0 Å². The molecule has 0 aliphatic carbocycles. The van der Waals surface area contributed by atoms with Crippen LogP contribution in [0.3, 0.4) is 0 Å². The first-order chi connectivity index (χ1) is 8.54. The Morgan fingerprint density at radius 3 is 2.39 bits per heavy atom. The topological polar surface area (TPSA) is 82.4 Å². The molecule has 1 atom stereocenters. The van der Waals surface area contributed by atoms with Gasteiger partial charge in [0.05, 0.1) is 0 Å². The molecule has 1 aliphatic heterocycles. The lowest BCUT2D eigenvalue weighted by molar-refractivity contribution is -0.128. The zero-order chi connectivity index (χ0) is 13.7. The highest BCUT2D eigenvalue weighted by atomic mass is 16.3. The van der Waals surface area contributed by atoms with Crippen molar-refractivity contribution >= 4 is 17.8 Å². The van der Waals surface area contributed by atoms with Crippen LogP contribution in [0.5, 0.6) is 0 Å². The second-order valence-corrected chi connectivity index (χ2v) is 4.19. The van der Waals surface area contributed by atoms with E-state index >= 15 is 0 Å². The van der Waals surface area contributed by atoms with Gasteiger partial charge in [0.2, 0.25) is 6.04 Å². The van der Waals surface area contributed by atoms with Gasteiger partial charge < -0.3 is 0 Å². The molecule has 7 heteroatoms. The highest BCUT2D eigenvalue weighted by Gasteiger charge is 2.41. The molecule has 0 aromatic rings. The number of amides is 3. The molecule has 1 aliphatic rings. The third-order valence-electron chi connectivity index (χ3n) is 2.87. The molecular formula is C11H18N4O3. The predicted molar refractivity (Wildman–Crippen MR) is 67.3 cm³/mol. The summed E-state index contributed by atoms with van der Waals surface area (Å²) in [5, 5.41) is 2.78. The molecular weight excluding hydrogens is 236 g/mol. The average Bonchev–Trinajstić information content (AvgIpc) is 2.38. The highest BCUT2D eigenvalue weighted by molar-refractivity contribution is 6.20. The van der Waals surface area contributed by atoms with Crippen LogP contribution in [0.15, 0.2) is 10.2 Å². The Bertz CT molecular complexity index is 380. The van der Waals surface area contributed by atoms with Gasteiger partial charge in [-0.1, -0.05) is 19.8 Å². The van der Waals surface area contributed by atoms with Crippen LogP contribution >= 0.6 is 0 Å². The fourth-order valence-corrected chi connectivity index (χ4v) is 1.73. The van der Waals surface area contributed by atoms with E-state index in [1.54, 1.807) is 0 Å². The lowest BCUT2D eigenvalue weighted by atomic mass is 10.2. The van der Waals surface area contributed by atoms with Crippen molar-refractivity contribution in [3.63, 3.8) is 0 Å². The quantitative estimate of drug-likeness (QED) is 0.546. The lowest BCUT2D eigenvalue weighted by Gasteiger charge is -2.32. The van der Waals surface area contributed by atoms with Crippen LogP contribution in [0.4, 0.5) is 4.79 Å². The molecule has 1 fully saturated rings. The summed E-state index contributed by atoms with van der Waals surface area (Å²) in [7, 11) is 2.81. The molecule has 1 heterocycles. The van der Waals surface area contributed by atoms with E-state index in [2.05, 4.69) is 17.1 Å². The van der Waals surface area contributed by atoms with E-state index in [0.717, 1.165) is 24.2 Å². The van der Waals surface area contributed by atoms with Crippen LogP contribution in [-0.2, 0) is 4.79 Å². The van der Waals surface area contributed by atoms with Gasteiger partial charge in [-0.3, -0.25) is 19.6 Å². The van der Waals surface area contributed by atoms with Crippen molar-refractivity contribution in [2.45, 2.75) is 32.2 Å². The molecule has 0 N–H and O–H groups in total. The van der Waals surface area contributed by atoms with Crippen LogP contribution in [0.2, 0.25) is 0 Å². The minimum atomic E-state index is -1.21. The maximum Gasteiger partial charge on any atom is 0.331 e. The molecule has 7 nitrogen and oxygen atoms in total. The second-order valence-electron chi connectivity index (χ2n) is 4.19. The van der Waals surface area contributed by atoms with Gasteiger partial charge in [-0.25, -0.2) is 4.79 Å². The summed E-state index contributed by atoms with van der Waals surface area (Å²) < 4.78 is 0. The summed E-state index contributed by atoms with van der Waals surface area (Å²) in [5.74, 6) is -0.475. The molecule has 18 heavy (non-hydrogen) atoms. The van der Waals surface area contributed by atoms with Crippen molar-refractivity contribution in [2.75, 3.05) is 20.6 Å². The van der Waals surface area contributed by atoms with Crippen LogP contribution in [0.1, 0.15) is 26.2 Å². The van der Waals surface area contributed by atoms with E-state index in [9.17, 15) is 14.5 Å². The number of unbranched alkanes of at least 4 members (excludes halogenated alkanes) is 2. The fraction of sp³-hybridized carbons (Fsp3) is 0.727. The molecule has 1 rings (SSSR count). The maximum absolute atomic E-state index is 11.7. The summed E-state index contributed by atoms with van der Waals surface area (Å²) in [5.41, 5.74) is 0. The molecule has 0 aromatic heterocycles. The number of carbonyl (C=O) groups is 2. The van der Waals surface area contributed by atoms with Crippen LogP contribution < -0.4 is 0 Å². The van der Waals surface area contributed by atoms with Gasteiger partial charge in [0.1, 0.15) is 5.84 Å². The first-order valence-electron chi connectivity index (χ1n) is 5.96. The Hall–Kier alpha value is -1.79. The Morgan fingerprint density at radius 1 is 1.17 bits per heavy atom. The number of carbonyl (C=O) groups excluding carboxylic acids is 2. The van der Waals surface area contributed by atoms with E-state index in [1.807, 2.05) is 0 Å². The normalized spacial score (nSPS) is 22.8. The van der Waals surface area contributed by atoms with Crippen LogP contribution in [0, 0.1) is 4.91 Å². The summed E-state index contributed by atoms with van der Waals surface area (Å²) in [4.78, 5) is 40.4. The molecule has 1 saturated heterocycles. The number of urea groups is 1.